The van der Waals surface area contributed by atoms with E-state index in [0.29, 0.717) is 5.56 Å². The normalized spacial score (nSPS) is 23.2. The zero-order chi connectivity index (χ0) is 13.5. The molecule has 2 aliphatic rings. The second-order valence-electron chi connectivity index (χ2n) is 5.50. The van der Waals surface area contributed by atoms with Crippen molar-refractivity contribution in [3.05, 3.63) is 35.4 Å². The molecule has 1 unspecified atom stereocenters. The number of aliphatic hydroxyl groups is 1. The van der Waals surface area contributed by atoms with Gasteiger partial charge in [-0.2, -0.15) is 0 Å². The van der Waals surface area contributed by atoms with Gasteiger partial charge < -0.3 is 9.84 Å². The summed E-state index contributed by atoms with van der Waals surface area (Å²) in [5, 5.41) is 9.22. The topological polar surface area (TPSA) is 49.8 Å². The van der Waals surface area contributed by atoms with Gasteiger partial charge in [0, 0.05) is 37.5 Å². The van der Waals surface area contributed by atoms with Gasteiger partial charge in [-0.25, -0.2) is 4.79 Å². The molecule has 4 nitrogen and oxygen atoms in total. The lowest BCUT2D eigenvalue weighted by atomic mass is 9.83. The molecule has 0 aromatic heterocycles. The molecule has 0 amide bonds. The maximum absolute atomic E-state index is 11.9. The summed E-state index contributed by atoms with van der Waals surface area (Å²) in [4.78, 5) is 14.2. The van der Waals surface area contributed by atoms with Crippen LogP contribution in [0, 0.1) is 0 Å². The minimum absolute atomic E-state index is 0.170. The SMILES string of the molecule is CC(CO)N1CCC2(CC1)OC(=O)c1ccccc12. The van der Waals surface area contributed by atoms with Gasteiger partial charge in [-0.05, 0) is 13.0 Å². The molecule has 1 atom stereocenters. The molecule has 0 bridgehead atoms. The summed E-state index contributed by atoms with van der Waals surface area (Å²) in [7, 11) is 0. The number of nitrogens with zero attached hydrogens (tertiary/aromatic N) is 1. The predicted molar refractivity (Wildman–Crippen MR) is 70.9 cm³/mol. The Morgan fingerprint density at radius 3 is 2.74 bits per heavy atom. The third kappa shape index (κ3) is 1.95. The minimum atomic E-state index is -0.431. The lowest BCUT2D eigenvalue weighted by Crippen LogP contribution is -2.47. The van der Waals surface area contributed by atoms with Gasteiger partial charge in [0.2, 0.25) is 0 Å². The van der Waals surface area contributed by atoms with Crippen LogP contribution in [0.25, 0.3) is 0 Å². The number of benzene rings is 1. The number of fused-ring (bicyclic) bond motifs is 2. The fourth-order valence-corrected chi connectivity index (χ4v) is 3.16. The van der Waals surface area contributed by atoms with E-state index in [0.717, 1.165) is 31.5 Å². The first-order valence-corrected chi connectivity index (χ1v) is 6.84. The number of rotatable bonds is 2. The first-order valence-electron chi connectivity index (χ1n) is 6.84. The van der Waals surface area contributed by atoms with Crippen LogP contribution >= 0.6 is 0 Å². The van der Waals surface area contributed by atoms with Crippen LogP contribution in [-0.4, -0.2) is 41.7 Å². The summed E-state index contributed by atoms with van der Waals surface area (Å²) in [6.07, 6.45) is 1.61. The molecule has 4 heteroatoms. The van der Waals surface area contributed by atoms with E-state index in [1.165, 1.54) is 0 Å². The lowest BCUT2D eigenvalue weighted by Gasteiger charge is -2.40. The summed E-state index contributed by atoms with van der Waals surface area (Å²) in [5.74, 6) is -0.195. The summed E-state index contributed by atoms with van der Waals surface area (Å²) < 4.78 is 5.69. The van der Waals surface area contributed by atoms with Crippen LogP contribution in [0.5, 0.6) is 0 Å². The molecular weight excluding hydrogens is 242 g/mol. The number of likely N-dealkylation sites (tertiary alicyclic amines) is 1. The highest BCUT2D eigenvalue weighted by Gasteiger charge is 2.47. The summed E-state index contributed by atoms with van der Waals surface area (Å²) in [5.41, 5.74) is 1.32. The number of piperidine rings is 1. The van der Waals surface area contributed by atoms with Crippen molar-refractivity contribution in [3.8, 4) is 0 Å². The minimum Gasteiger partial charge on any atom is -0.450 e. The smallest absolute Gasteiger partial charge is 0.339 e. The third-order valence-electron chi connectivity index (χ3n) is 4.42. The quantitative estimate of drug-likeness (QED) is 0.820. The molecule has 2 aliphatic heterocycles. The lowest BCUT2D eigenvalue weighted by molar-refractivity contribution is -0.0512. The largest absolute Gasteiger partial charge is 0.450 e. The van der Waals surface area contributed by atoms with Crippen LogP contribution < -0.4 is 0 Å². The van der Waals surface area contributed by atoms with E-state index in [2.05, 4.69) is 4.90 Å². The van der Waals surface area contributed by atoms with E-state index in [1.54, 1.807) is 0 Å². The molecule has 1 spiro atoms. The Morgan fingerprint density at radius 1 is 1.37 bits per heavy atom. The van der Waals surface area contributed by atoms with Crippen LogP contribution in [0.4, 0.5) is 0 Å². The van der Waals surface area contributed by atoms with Gasteiger partial charge >= 0.3 is 5.97 Å². The maximum Gasteiger partial charge on any atom is 0.339 e. The molecule has 3 rings (SSSR count). The van der Waals surface area contributed by atoms with Gasteiger partial charge in [0.25, 0.3) is 0 Å². The zero-order valence-corrected chi connectivity index (χ0v) is 11.1. The van der Waals surface area contributed by atoms with E-state index >= 15 is 0 Å². The average molecular weight is 261 g/mol. The predicted octanol–water partition coefficient (Wildman–Crippen LogP) is 1.53. The molecule has 19 heavy (non-hydrogen) atoms. The van der Waals surface area contributed by atoms with Crippen molar-refractivity contribution >= 4 is 5.97 Å². The summed E-state index contributed by atoms with van der Waals surface area (Å²) in [6, 6.07) is 7.86. The second kappa shape index (κ2) is 4.62. The molecule has 1 saturated heterocycles. The van der Waals surface area contributed by atoms with E-state index < -0.39 is 5.60 Å². The first kappa shape index (κ1) is 12.6. The number of carbonyl (C=O) groups is 1. The van der Waals surface area contributed by atoms with Gasteiger partial charge in [-0.15, -0.1) is 0 Å². The Bertz CT molecular complexity index is 492. The summed E-state index contributed by atoms with van der Waals surface area (Å²) in [6.45, 7) is 3.89. The van der Waals surface area contributed by atoms with Crippen LogP contribution in [0.15, 0.2) is 24.3 Å². The highest BCUT2D eigenvalue weighted by molar-refractivity contribution is 5.94. The highest BCUT2D eigenvalue weighted by atomic mass is 16.6. The molecular formula is C15H19NO3. The molecule has 102 valence electrons. The average Bonchev–Trinajstić information content (AvgIpc) is 2.72. The van der Waals surface area contributed by atoms with Gasteiger partial charge in [-0.3, -0.25) is 4.90 Å². The van der Waals surface area contributed by atoms with Gasteiger partial charge in [0.05, 0.1) is 12.2 Å². The number of ether oxygens (including phenoxy) is 1. The molecule has 0 aliphatic carbocycles. The number of esters is 1. The Balaban J connectivity index is 1.83. The van der Waals surface area contributed by atoms with Crippen LogP contribution in [-0.2, 0) is 10.3 Å². The third-order valence-corrected chi connectivity index (χ3v) is 4.42. The van der Waals surface area contributed by atoms with E-state index in [1.807, 2.05) is 31.2 Å². The molecule has 2 heterocycles. The van der Waals surface area contributed by atoms with E-state index in [9.17, 15) is 9.90 Å². The van der Waals surface area contributed by atoms with Crippen molar-refractivity contribution in [1.82, 2.24) is 4.90 Å². The fraction of sp³-hybridized carbons (Fsp3) is 0.533. The van der Waals surface area contributed by atoms with Crippen LogP contribution in [0.3, 0.4) is 0 Å². The Hall–Kier alpha value is -1.39. The maximum atomic E-state index is 11.9. The van der Waals surface area contributed by atoms with Crippen molar-refractivity contribution in [1.29, 1.82) is 0 Å². The van der Waals surface area contributed by atoms with Crippen molar-refractivity contribution in [2.24, 2.45) is 0 Å². The Labute approximate surface area is 113 Å². The fourth-order valence-electron chi connectivity index (χ4n) is 3.16. The van der Waals surface area contributed by atoms with E-state index in [4.69, 9.17) is 4.74 Å². The molecule has 1 N–H and O–H groups in total. The Morgan fingerprint density at radius 2 is 2.05 bits per heavy atom. The van der Waals surface area contributed by atoms with Crippen molar-refractivity contribution in [2.45, 2.75) is 31.4 Å². The highest BCUT2D eigenvalue weighted by Crippen LogP contribution is 2.44. The monoisotopic (exact) mass is 261 g/mol. The number of carbonyl (C=O) groups excluding carboxylic acids is 1. The second-order valence-corrected chi connectivity index (χ2v) is 5.50. The van der Waals surface area contributed by atoms with Crippen molar-refractivity contribution in [2.75, 3.05) is 19.7 Å². The standard InChI is InChI=1S/C15H19NO3/c1-11(10-17)16-8-6-15(7-9-16)13-5-3-2-4-12(13)14(18)19-15/h2-5,11,17H,6-10H2,1H3. The zero-order valence-electron chi connectivity index (χ0n) is 11.1. The first-order chi connectivity index (χ1) is 9.16. The van der Waals surface area contributed by atoms with Crippen LogP contribution in [0.2, 0.25) is 0 Å². The molecule has 1 fully saturated rings. The molecule has 1 aromatic carbocycles. The van der Waals surface area contributed by atoms with Gasteiger partial charge in [0.15, 0.2) is 0 Å². The van der Waals surface area contributed by atoms with Gasteiger partial charge in [-0.1, -0.05) is 18.2 Å². The molecule has 1 aromatic rings. The molecule has 0 radical (unpaired) electrons. The van der Waals surface area contributed by atoms with Gasteiger partial charge in [0.1, 0.15) is 5.60 Å². The Kier molecular flexibility index (Phi) is 3.07. The number of hydrogen-bond acceptors (Lipinski definition) is 4. The number of hydrogen-bond donors (Lipinski definition) is 1. The van der Waals surface area contributed by atoms with Crippen molar-refractivity contribution < 1.29 is 14.6 Å². The summed E-state index contributed by atoms with van der Waals surface area (Å²) >= 11 is 0. The number of aliphatic hydroxyl groups excluding tert-OH is 1. The van der Waals surface area contributed by atoms with Crippen molar-refractivity contribution in [3.63, 3.8) is 0 Å². The molecule has 0 saturated carbocycles. The van der Waals surface area contributed by atoms with E-state index in [-0.39, 0.29) is 18.6 Å². The van der Waals surface area contributed by atoms with Crippen LogP contribution in [0.1, 0.15) is 35.7 Å².